The molecule has 2 N–H and O–H groups in total. The van der Waals surface area contributed by atoms with Crippen molar-refractivity contribution < 1.29 is 9.90 Å². The van der Waals surface area contributed by atoms with Crippen LogP contribution >= 0.6 is 0 Å². The first kappa shape index (κ1) is 9.48. The number of nitrogens with one attached hydrogen (secondary N) is 1. The lowest BCUT2D eigenvalue weighted by Gasteiger charge is -2.29. The van der Waals surface area contributed by atoms with Crippen molar-refractivity contribution in [3.8, 4) is 0 Å². The minimum atomic E-state index is -0.754. The van der Waals surface area contributed by atoms with Gasteiger partial charge in [-0.1, -0.05) is 0 Å². The normalized spacial score (nSPS) is 24.7. The van der Waals surface area contributed by atoms with E-state index in [1.165, 1.54) is 0 Å². The average molecular weight is 172 g/mol. The van der Waals surface area contributed by atoms with Gasteiger partial charge in [-0.2, -0.15) is 0 Å². The van der Waals surface area contributed by atoms with Gasteiger partial charge in [0.1, 0.15) is 6.10 Å². The zero-order chi connectivity index (χ0) is 8.97. The molecule has 0 spiro atoms. The van der Waals surface area contributed by atoms with Crippen molar-refractivity contribution in [1.29, 1.82) is 0 Å². The lowest BCUT2D eigenvalue weighted by molar-refractivity contribution is -0.143. The van der Waals surface area contributed by atoms with Gasteiger partial charge in [0.05, 0.1) is 0 Å². The van der Waals surface area contributed by atoms with Gasteiger partial charge in [-0.25, -0.2) is 0 Å². The molecule has 0 bridgehead atoms. The van der Waals surface area contributed by atoms with Crippen LogP contribution in [-0.2, 0) is 4.79 Å². The number of carbonyl (C=O) groups is 1. The first-order chi connectivity index (χ1) is 5.75. The second kappa shape index (κ2) is 4.42. The van der Waals surface area contributed by atoms with Crippen LogP contribution in [0.5, 0.6) is 0 Å². The summed E-state index contributed by atoms with van der Waals surface area (Å²) in [6.45, 7) is 2.28. The molecule has 0 aromatic carbocycles. The lowest BCUT2D eigenvalue weighted by atomic mass is 10.1. The molecule has 1 aliphatic heterocycles. The molecule has 70 valence electrons. The van der Waals surface area contributed by atoms with Crippen LogP contribution in [0, 0.1) is 0 Å². The number of aliphatic hydroxyl groups is 1. The quantitative estimate of drug-likeness (QED) is 0.585. The van der Waals surface area contributed by atoms with Crippen LogP contribution in [0.25, 0.3) is 0 Å². The molecule has 1 fully saturated rings. The smallest absolute Gasteiger partial charge is 0.251 e. The summed E-state index contributed by atoms with van der Waals surface area (Å²) in [6, 6.07) is 0. The Morgan fingerprint density at radius 1 is 1.75 bits per heavy atom. The summed E-state index contributed by atoms with van der Waals surface area (Å²) in [7, 11) is 1.85. The Labute approximate surface area is 72.6 Å². The maximum atomic E-state index is 11.3. The van der Waals surface area contributed by atoms with Gasteiger partial charge in [0.2, 0.25) is 0 Å². The number of rotatable bonds is 3. The van der Waals surface area contributed by atoms with E-state index >= 15 is 0 Å². The topological polar surface area (TPSA) is 52.6 Å². The minimum Gasteiger partial charge on any atom is -0.383 e. The van der Waals surface area contributed by atoms with Crippen LogP contribution in [0.15, 0.2) is 0 Å². The van der Waals surface area contributed by atoms with E-state index in [9.17, 15) is 9.90 Å². The average Bonchev–Trinajstić information content (AvgIpc) is 2.08. The first-order valence-electron chi connectivity index (χ1n) is 4.37. The molecule has 12 heavy (non-hydrogen) atoms. The molecule has 0 saturated carbocycles. The summed E-state index contributed by atoms with van der Waals surface area (Å²) < 4.78 is 0. The summed E-state index contributed by atoms with van der Waals surface area (Å²) in [5.74, 6) is -0.114. The number of hydrogen-bond donors (Lipinski definition) is 2. The van der Waals surface area contributed by atoms with Gasteiger partial charge in [0.25, 0.3) is 5.91 Å². The van der Waals surface area contributed by atoms with Crippen molar-refractivity contribution in [2.45, 2.75) is 18.9 Å². The van der Waals surface area contributed by atoms with Crippen LogP contribution in [0.1, 0.15) is 12.8 Å². The Kier molecular flexibility index (Phi) is 3.49. The summed E-state index contributed by atoms with van der Waals surface area (Å²) >= 11 is 0. The summed E-state index contributed by atoms with van der Waals surface area (Å²) in [4.78, 5) is 13.0. The molecule has 1 saturated heterocycles. The minimum absolute atomic E-state index is 0.114. The predicted molar refractivity (Wildman–Crippen MR) is 45.7 cm³/mol. The molecule has 1 heterocycles. The van der Waals surface area contributed by atoms with Gasteiger partial charge >= 0.3 is 0 Å². The highest BCUT2D eigenvalue weighted by molar-refractivity contribution is 5.81. The van der Waals surface area contributed by atoms with E-state index in [0.717, 1.165) is 19.5 Å². The molecule has 0 aliphatic carbocycles. The van der Waals surface area contributed by atoms with Crippen molar-refractivity contribution in [2.24, 2.45) is 0 Å². The third-order valence-corrected chi connectivity index (χ3v) is 2.13. The molecule has 1 rings (SSSR count). The van der Waals surface area contributed by atoms with Crippen LogP contribution in [0.3, 0.4) is 0 Å². The number of nitrogens with zero attached hydrogens (tertiary/aromatic N) is 1. The third-order valence-electron chi connectivity index (χ3n) is 2.13. The Hall–Kier alpha value is -0.610. The number of likely N-dealkylation sites (tertiary alicyclic amines) is 1. The zero-order valence-corrected chi connectivity index (χ0v) is 7.42. The van der Waals surface area contributed by atoms with Gasteiger partial charge in [-0.05, 0) is 19.9 Å². The van der Waals surface area contributed by atoms with E-state index in [4.69, 9.17) is 0 Å². The molecule has 1 aliphatic rings. The van der Waals surface area contributed by atoms with Gasteiger partial charge in [0, 0.05) is 19.6 Å². The molecule has 0 aromatic rings. The van der Waals surface area contributed by atoms with E-state index in [2.05, 4.69) is 5.32 Å². The number of hydrogen-bond acceptors (Lipinski definition) is 3. The van der Waals surface area contributed by atoms with Crippen molar-refractivity contribution in [3.63, 3.8) is 0 Å². The van der Waals surface area contributed by atoms with E-state index < -0.39 is 6.10 Å². The van der Waals surface area contributed by atoms with Crippen LogP contribution in [-0.4, -0.2) is 48.7 Å². The lowest BCUT2D eigenvalue weighted by Crippen LogP contribution is -2.46. The molecule has 1 unspecified atom stereocenters. The highest BCUT2D eigenvalue weighted by Crippen LogP contribution is 2.10. The zero-order valence-electron chi connectivity index (χ0n) is 7.42. The maximum absolute atomic E-state index is 11.3. The molecule has 0 aromatic heterocycles. The molecule has 1 amide bonds. The molecule has 4 nitrogen and oxygen atoms in total. The summed E-state index contributed by atoms with van der Waals surface area (Å²) in [5.41, 5.74) is 0. The van der Waals surface area contributed by atoms with Crippen molar-refractivity contribution in [2.75, 3.05) is 26.7 Å². The van der Waals surface area contributed by atoms with Gasteiger partial charge in [0.15, 0.2) is 0 Å². The second-order valence-electron chi connectivity index (χ2n) is 3.09. The molecular formula is C8H16N2O2. The second-order valence-corrected chi connectivity index (χ2v) is 3.09. The SMILES string of the molecule is CNCCN1CCCC(O)C1=O. The number of piperidine rings is 1. The number of likely N-dealkylation sites (N-methyl/N-ethyl adjacent to an activating group) is 1. The highest BCUT2D eigenvalue weighted by atomic mass is 16.3. The van der Waals surface area contributed by atoms with E-state index in [0.29, 0.717) is 13.0 Å². The molecule has 4 heteroatoms. The standard InChI is InChI=1S/C8H16N2O2/c1-9-4-6-10-5-2-3-7(11)8(10)12/h7,9,11H,2-6H2,1H3. The fourth-order valence-electron chi connectivity index (χ4n) is 1.39. The Morgan fingerprint density at radius 2 is 2.50 bits per heavy atom. The Morgan fingerprint density at radius 3 is 3.17 bits per heavy atom. The van der Waals surface area contributed by atoms with Gasteiger partial charge < -0.3 is 15.3 Å². The molecular weight excluding hydrogens is 156 g/mol. The first-order valence-corrected chi connectivity index (χ1v) is 4.37. The van der Waals surface area contributed by atoms with Crippen molar-refractivity contribution in [1.82, 2.24) is 10.2 Å². The van der Waals surface area contributed by atoms with E-state index in [1.807, 2.05) is 7.05 Å². The largest absolute Gasteiger partial charge is 0.383 e. The Bertz CT molecular complexity index is 161. The molecule has 0 radical (unpaired) electrons. The molecule has 1 atom stereocenters. The van der Waals surface area contributed by atoms with Crippen LogP contribution in [0.2, 0.25) is 0 Å². The number of amides is 1. The fraction of sp³-hybridized carbons (Fsp3) is 0.875. The number of carbonyl (C=O) groups excluding carboxylic acids is 1. The van der Waals surface area contributed by atoms with Crippen molar-refractivity contribution >= 4 is 5.91 Å². The van der Waals surface area contributed by atoms with E-state index in [-0.39, 0.29) is 5.91 Å². The summed E-state index contributed by atoms with van der Waals surface area (Å²) in [5, 5.41) is 12.2. The number of aliphatic hydroxyl groups excluding tert-OH is 1. The highest BCUT2D eigenvalue weighted by Gasteiger charge is 2.25. The summed E-state index contributed by atoms with van der Waals surface area (Å²) in [6.07, 6.45) is 0.779. The van der Waals surface area contributed by atoms with Crippen molar-refractivity contribution in [3.05, 3.63) is 0 Å². The van der Waals surface area contributed by atoms with Crippen LogP contribution in [0.4, 0.5) is 0 Å². The van der Waals surface area contributed by atoms with Gasteiger partial charge in [-0.15, -0.1) is 0 Å². The predicted octanol–water partition coefficient (Wildman–Crippen LogP) is -0.811. The maximum Gasteiger partial charge on any atom is 0.251 e. The van der Waals surface area contributed by atoms with E-state index in [1.54, 1.807) is 4.90 Å². The van der Waals surface area contributed by atoms with Gasteiger partial charge in [-0.3, -0.25) is 4.79 Å². The fourth-order valence-corrected chi connectivity index (χ4v) is 1.39. The third kappa shape index (κ3) is 2.19. The van der Waals surface area contributed by atoms with Crippen LogP contribution < -0.4 is 5.32 Å². The Balaban J connectivity index is 2.36. The monoisotopic (exact) mass is 172 g/mol.